The Kier molecular flexibility index (Phi) is 5.66. The Morgan fingerprint density at radius 1 is 0.970 bits per heavy atom. The number of methoxy groups -OCH3 is 1. The molecule has 5 rings (SSSR count). The van der Waals surface area contributed by atoms with Gasteiger partial charge in [-0.1, -0.05) is 47.7 Å². The predicted octanol–water partition coefficient (Wildman–Crippen LogP) is 4.55. The van der Waals surface area contributed by atoms with Gasteiger partial charge in [0.1, 0.15) is 11.4 Å². The van der Waals surface area contributed by atoms with Crippen LogP contribution in [-0.4, -0.2) is 31.3 Å². The molecule has 0 atom stereocenters. The molecule has 8 heteroatoms. The lowest BCUT2D eigenvalue weighted by atomic mass is 10.1. The smallest absolute Gasteiger partial charge is 0.258 e. The molecule has 3 aromatic heterocycles. The third kappa shape index (κ3) is 4.12. The van der Waals surface area contributed by atoms with E-state index in [1.54, 1.807) is 19.4 Å². The molecule has 3 heterocycles. The van der Waals surface area contributed by atoms with Crippen molar-refractivity contribution in [2.24, 2.45) is 0 Å². The van der Waals surface area contributed by atoms with E-state index in [9.17, 15) is 4.79 Å². The van der Waals surface area contributed by atoms with Gasteiger partial charge in [0.25, 0.3) is 5.56 Å². The van der Waals surface area contributed by atoms with Crippen molar-refractivity contribution in [2.75, 3.05) is 7.11 Å². The van der Waals surface area contributed by atoms with Crippen LogP contribution in [0.4, 0.5) is 0 Å². The number of benzene rings is 2. The number of para-hydroxylation sites is 1. The quantitative estimate of drug-likeness (QED) is 0.350. The number of rotatable bonds is 6. The molecule has 0 N–H and O–H groups in total. The first-order valence-corrected chi connectivity index (χ1v) is 11.4. The van der Waals surface area contributed by atoms with E-state index < -0.39 is 0 Å². The largest absolute Gasteiger partial charge is 0.496 e. The monoisotopic (exact) mass is 455 g/mol. The van der Waals surface area contributed by atoms with Crippen LogP contribution in [0.3, 0.4) is 0 Å². The van der Waals surface area contributed by atoms with Crippen LogP contribution in [0.1, 0.15) is 11.3 Å². The SMILES string of the molecule is COc1ccccc1-c1nnc(SCc2cc(=O)n3ccccc3n2)n1-c1ccc(C)cc1. The first-order valence-electron chi connectivity index (χ1n) is 10.4. The zero-order chi connectivity index (χ0) is 22.8. The third-order valence-electron chi connectivity index (χ3n) is 5.25. The normalized spacial score (nSPS) is 11.1. The van der Waals surface area contributed by atoms with Crippen molar-refractivity contribution in [3.05, 3.63) is 101 Å². The van der Waals surface area contributed by atoms with Crippen molar-refractivity contribution in [3.8, 4) is 22.8 Å². The summed E-state index contributed by atoms with van der Waals surface area (Å²) < 4.78 is 9.11. The van der Waals surface area contributed by atoms with Crippen molar-refractivity contribution in [3.63, 3.8) is 0 Å². The van der Waals surface area contributed by atoms with Crippen LogP contribution in [0.2, 0.25) is 0 Å². The highest BCUT2D eigenvalue weighted by molar-refractivity contribution is 7.98. The van der Waals surface area contributed by atoms with E-state index in [0.717, 1.165) is 17.0 Å². The molecule has 0 aliphatic rings. The summed E-state index contributed by atoms with van der Waals surface area (Å²) in [4.78, 5) is 17.1. The summed E-state index contributed by atoms with van der Waals surface area (Å²) in [5.74, 6) is 1.89. The first-order chi connectivity index (χ1) is 16.1. The number of fused-ring (bicyclic) bond motifs is 1. The van der Waals surface area contributed by atoms with Crippen LogP contribution in [-0.2, 0) is 5.75 Å². The Balaban J connectivity index is 1.56. The van der Waals surface area contributed by atoms with Crippen LogP contribution in [0.15, 0.2) is 88.9 Å². The molecule has 0 saturated carbocycles. The summed E-state index contributed by atoms with van der Waals surface area (Å²) in [5.41, 5.74) is 4.16. The van der Waals surface area contributed by atoms with Gasteiger partial charge in [-0.15, -0.1) is 10.2 Å². The molecule has 0 amide bonds. The molecule has 0 saturated heterocycles. The standard InChI is InChI=1S/C25H21N5O2S/c1-17-10-12-19(13-11-17)30-24(20-7-3-4-8-21(20)32-2)27-28-25(30)33-16-18-15-23(31)29-14-6-5-9-22(29)26-18/h3-15H,16H2,1-2H3. The van der Waals surface area contributed by atoms with E-state index in [4.69, 9.17) is 4.74 Å². The molecule has 0 spiro atoms. The van der Waals surface area contributed by atoms with Gasteiger partial charge in [0.2, 0.25) is 0 Å². The van der Waals surface area contributed by atoms with Crippen molar-refractivity contribution < 1.29 is 4.74 Å². The van der Waals surface area contributed by atoms with Gasteiger partial charge < -0.3 is 4.74 Å². The lowest BCUT2D eigenvalue weighted by molar-refractivity contribution is 0.416. The Morgan fingerprint density at radius 2 is 1.76 bits per heavy atom. The van der Waals surface area contributed by atoms with Gasteiger partial charge in [-0.05, 0) is 43.3 Å². The molecule has 0 radical (unpaired) electrons. The van der Waals surface area contributed by atoms with E-state index in [1.807, 2.05) is 59.2 Å². The summed E-state index contributed by atoms with van der Waals surface area (Å²) >= 11 is 1.48. The summed E-state index contributed by atoms with van der Waals surface area (Å²) in [6, 6.07) is 23.0. The van der Waals surface area contributed by atoms with Gasteiger partial charge in [0.15, 0.2) is 11.0 Å². The number of hydrogen-bond donors (Lipinski definition) is 0. The Bertz CT molecular complexity index is 1490. The minimum absolute atomic E-state index is 0.106. The van der Waals surface area contributed by atoms with Gasteiger partial charge in [-0.25, -0.2) is 4.98 Å². The Morgan fingerprint density at radius 3 is 2.58 bits per heavy atom. The van der Waals surface area contributed by atoms with Crippen molar-refractivity contribution >= 4 is 17.4 Å². The van der Waals surface area contributed by atoms with Gasteiger partial charge in [0, 0.05) is 23.7 Å². The van der Waals surface area contributed by atoms with Crippen LogP contribution < -0.4 is 10.3 Å². The van der Waals surface area contributed by atoms with Crippen molar-refractivity contribution in [2.45, 2.75) is 17.8 Å². The zero-order valence-electron chi connectivity index (χ0n) is 18.2. The van der Waals surface area contributed by atoms with Gasteiger partial charge in [-0.2, -0.15) is 0 Å². The molecule has 0 aliphatic carbocycles. The molecule has 33 heavy (non-hydrogen) atoms. The average Bonchev–Trinajstić information content (AvgIpc) is 3.27. The minimum Gasteiger partial charge on any atom is -0.496 e. The topological polar surface area (TPSA) is 74.3 Å². The number of ether oxygens (including phenoxy) is 1. The number of pyridine rings is 1. The van der Waals surface area contributed by atoms with Crippen LogP contribution >= 0.6 is 11.8 Å². The number of nitrogens with zero attached hydrogens (tertiary/aromatic N) is 5. The van der Waals surface area contributed by atoms with Crippen LogP contribution in [0.5, 0.6) is 5.75 Å². The summed E-state index contributed by atoms with van der Waals surface area (Å²) in [6.07, 6.45) is 1.72. The lowest BCUT2D eigenvalue weighted by Gasteiger charge is -2.12. The molecule has 0 aliphatic heterocycles. The molecule has 0 fully saturated rings. The molecular formula is C25H21N5O2S. The average molecular weight is 456 g/mol. The fourth-order valence-corrected chi connectivity index (χ4v) is 4.45. The van der Waals surface area contributed by atoms with E-state index >= 15 is 0 Å². The van der Waals surface area contributed by atoms with E-state index in [-0.39, 0.29) is 5.56 Å². The molecular weight excluding hydrogens is 434 g/mol. The Hall–Kier alpha value is -3.91. The number of thioether (sulfide) groups is 1. The molecule has 0 unspecified atom stereocenters. The number of aromatic nitrogens is 5. The van der Waals surface area contributed by atoms with Crippen molar-refractivity contribution in [1.82, 2.24) is 24.1 Å². The summed E-state index contributed by atoms with van der Waals surface area (Å²) in [6.45, 7) is 2.05. The molecule has 5 aromatic rings. The second-order valence-corrected chi connectivity index (χ2v) is 8.42. The fraction of sp³-hybridized carbons (Fsp3) is 0.120. The van der Waals surface area contributed by atoms with E-state index in [2.05, 4.69) is 34.2 Å². The highest BCUT2D eigenvalue weighted by atomic mass is 32.2. The van der Waals surface area contributed by atoms with E-state index in [0.29, 0.717) is 28.1 Å². The maximum Gasteiger partial charge on any atom is 0.258 e. The maximum absolute atomic E-state index is 12.5. The highest BCUT2D eigenvalue weighted by Crippen LogP contribution is 2.34. The Labute approximate surface area is 194 Å². The predicted molar refractivity (Wildman–Crippen MR) is 129 cm³/mol. The second-order valence-electron chi connectivity index (χ2n) is 7.48. The summed E-state index contributed by atoms with van der Waals surface area (Å²) in [7, 11) is 1.64. The van der Waals surface area contributed by atoms with Crippen LogP contribution in [0.25, 0.3) is 22.7 Å². The number of hydrogen-bond acceptors (Lipinski definition) is 6. The van der Waals surface area contributed by atoms with Gasteiger partial charge in [-0.3, -0.25) is 13.8 Å². The minimum atomic E-state index is -0.106. The maximum atomic E-state index is 12.5. The molecule has 7 nitrogen and oxygen atoms in total. The lowest BCUT2D eigenvalue weighted by Crippen LogP contribution is -2.14. The summed E-state index contributed by atoms with van der Waals surface area (Å²) in [5, 5.41) is 9.68. The van der Waals surface area contributed by atoms with E-state index in [1.165, 1.54) is 21.7 Å². The zero-order valence-corrected chi connectivity index (χ0v) is 19.0. The van der Waals surface area contributed by atoms with Gasteiger partial charge >= 0.3 is 0 Å². The highest BCUT2D eigenvalue weighted by Gasteiger charge is 2.19. The fourth-order valence-electron chi connectivity index (χ4n) is 3.61. The molecule has 2 aromatic carbocycles. The molecule has 0 bridgehead atoms. The molecule has 164 valence electrons. The van der Waals surface area contributed by atoms with Crippen molar-refractivity contribution in [1.29, 1.82) is 0 Å². The van der Waals surface area contributed by atoms with Gasteiger partial charge in [0.05, 0.1) is 18.4 Å². The first kappa shape index (κ1) is 21.0. The van der Waals surface area contributed by atoms with Crippen LogP contribution in [0, 0.1) is 6.92 Å². The third-order valence-corrected chi connectivity index (χ3v) is 6.21. The number of aryl methyl sites for hydroxylation is 1. The second kappa shape index (κ2) is 8.91.